The molecule has 0 aliphatic carbocycles. The molecule has 168 valence electrons. The van der Waals surface area contributed by atoms with E-state index >= 15 is 0 Å². The van der Waals surface area contributed by atoms with E-state index in [0.717, 1.165) is 12.1 Å². The molecule has 0 bridgehead atoms. The lowest BCUT2D eigenvalue weighted by Crippen LogP contribution is -2.45. The van der Waals surface area contributed by atoms with Gasteiger partial charge in [-0.05, 0) is 48.7 Å². The van der Waals surface area contributed by atoms with E-state index in [-0.39, 0.29) is 22.8 Å². The fourth-order valence-electron chi connectivity index (χ4n) is 3.09. The smallest absolute Gasteiger partial charge is 0.245 e. The Balaban J connectivity index is 1.93. The van der Waals surface area contributed by atoms with Gasteiger partial charge >= 0.3 is 0 Å². The van der Waals surface area contributed by atoms with Crippen molar-refractivity contribution < 1.29 is 26.7 Å². The van der Waals surface area contributed by atoms with Crippen LogP contribution in [0.4, 0.5) is 14.5 Å². The number of rotatable bonds is 8. The van der Waals surface area contributed by atoms with Gasteiger partial charge in [-0.3, -0.25) is 4.79 Å². The van der Waals surface area contributed by atoms with Crippen LogP contribution in [0.3, 0.4) is 0 Å². The van der Waals surface area contributed by atoms with Crippen LogP contribution < -0.4 is 14.8 Å². The van der Waals surface area contributed by atoms with Crippen molar-refractivity contribution in [2.75, 3.05) is 12.4 Å². The highest BCUT2D eigenvalue weighted by Gasteiger charge is 2.29. The minimum atomic E-state index is -4.19. The van der Waals surface area contributed by atoms with Gasteiger partial charge in [0.15, 0.2) is 0 Å². The van der Waals surface area contributed by atoms with Gasteiger partial charge in [0.05, 0.1) is 12.8 Å². The molecular formula is C23H22F2N2O4S. The van der Waals surface area contributed by atoms with Gasteiger partial charge in [0.2, 0.25) is 15.9 Å². The molecule has 3 aromatic rings. The minimum Gasteiger partial charge on any atom is -0.495 e. The number of halogens is 2. The summed E-state index contributed by atoms with van der Waals surface area (Å²) < 4.78 is 61.1. The number of aryl methyl sites for hydroxylation is 1. The number of methoxy groups -OCH3 is 1. The van der Waals surface area contributed by atoms with E-state index in [1.54, 1.807) is 43.3 Å². The summed E-state index contributed by atoms with van der Waals surface area (Å²) in [6.45, 7) is 1.73. The SMILES string of the molecule is COc1ccc(C)cc1S(=O)(=O)NC(Cc1ccccc1)C(=O)Nc1ccc(F)cc1F. The average molecular weight is 461 g/mol. The van der Waals surface area contributed by atoms with Crippen molar-refractivity contribution in [3.8, 4) is 5.75 Å². The van der Waals surface area contributed by atoms with Crippen LogP contribution in [-0.4, -0.2) is 27.5 Å². The van der Waals surface area contributed by atoms with Crippen molar-refractivity contribution >= 4 is 21.6 Å². The van der Waals surface area contributed by atoms with E-state index < -0.39 is 33.6 Å². The van der Waals surface area contributed by atoms with Crippen molar-refractivity contribution in [2.45, 2.75) is 24.3 Å². The standard InChI is InChI=1S/C23H22F2N2O4S/c1-15-8-11-21(31-2)22(12-15)32(29,30)27-20(13-16-6-4-3-5-7-16)23(28)26-19-10-9-17(24)14-18(19)25/h3-12,14,20,27H,13H2,1-2H3,(H,26,28). The normalized spacial score (nSPS) is 12.2. The lowest BCUT2D eigenvalue weighted by molar-refractivity contribution is -0.117. The number of carbonyl (C=O) groups excluding carboxylic acids is 1. The molecule has 1 atom stereocenters. The van der Waals surface area contributed by atoms with E-state index in [9.17, 15) is 22.0 Å². The van der Waals surface area contributed by atoms with Gasteiger partial charge in [0.1, 0.15) is 28.3 Å². The second-order valence-corrected chi connectivity index (χ2v) is 8.81. The van der Waals surface area contributed by atoms with Crippen LogP contribution >= 0.6 is 0 Å². The Bertz CT molecular complexity index is 1220. The zero-order chi connectivity index (χ0) is 23.3. The molecule has 1 unspecified atom stereocenters. The first-order valence-electron chi connectivity index (χ1n) is 9.66. The van der Waals surface area contributed by atoms with Gasteiger partial charge in [-0.25, -0.2) is 17.2 Å². The molecule has 9 heteroatoms. The molecule has 0 aliphatic heterocycles. The maximum absolute atomic E-state index is 14.0. The van der Waals surface area contributed by atoms with Gasteiger partial charge in [-0.15, -0.1) is 0 Å². The molecule has 0 heterocycles. The molecule has 3 aromatic carbocycles. The Hall–Kier alpha value is -3.30. The molecule has 0 aromatic heterocycles. The number of sulfonamides is 1. The van der Waals surface area contributed by atoms with Crippen LogP contribution in [-0.2, 0) is 21.2 Å². The van der Waals surface area contributed by atoms with Gasteiger partial charge in [-0.2, -0.15) is 4.72 Å². The molecule has 0 spiro atoms. The first-order valence-corrected chi connectivity index (χ1v) is 11.1. The van der Waals surface area contributed by atoms with Gasteiger partial charge < -0.3 is 10.1 Å². The number of benzene rings is 3. The van der Waals surface area contributed by atoms with E-state index in [4.69, 9.17) is 4.74 Å². The van der Waals surface area contributed by atoms with Crippen LogP contribution in [0.2, 0.25) is 0 Å². The molecule has 0 aliphatic rings. The predicted molar refractivity (Wildman–Crippen MR) is 117 cm³/mol. The maximum atomic E-state index is 14.0. The van der Waals surface area contributed by atoms with Crippen LogP contribution in [0.1, 0.15) is 11.1 Å². The van der Waals surface area contributed by atoms with Crippen molar-refractivity contribution in [3.63, 3.8) is 0 Å². The van der Waals surface area contributed by atoms with Gasteiger partial charge in [-0.1, -0.05) is 36.4 Å². The number of hydrogen-bond acceptors (Lipinski definition) is 4. The van der Waals surface area contributed by atoms with E-state index in [1.165, 1.54) is 19.2 Å². The summed E-state index contributed by atoms with van der Waals surface area (Å²) in [5, 5.41) is 2.33. The van der Waals surface area contributed by atoms with Crippen molar-refractivity contribution in [3.05, 3.63) is 89.5 Å². The van der Waals surface area contributed by atoms with E-state index in [1.807, 2.05) is 0 Å². The lowest BCUT2D eigenvalue weighted by Gasteiger charge is -2.20. The Morgan fingerprint density at radius 3 is 2.41 bits per heavy atom. The number of hydrogen-bond donors (Lipinski definition) is 2. The van der Waals surface area contributed by atoms with E-state index in [2.05, 4.69) is 10.0 Å². The predicted octanol–water partition coefficient (Wildman–Crippen LogP) is 3.81. The summed E-state index contributed by atoms with van der Waals surface area (Å²) >= 11 is 0. The Morgan fingerprint density at radius 1 is 1.03 bits per heavy atom. The second kappa shape index (κ2) is 9.88. The number of amides is 1. The first kappa shape index (κ1) is 23.4. The fraction of sp³-hybridized carbons (Fsp3) is 0.174. The largest absolute Gasteiger partial charge is 0.495 e. The summed E-state index contributed by atoms with van der Waals surface area (Å²) in [5.41, 5.74) is 1.11. The third kappa shape index (κ3) is 5.68. The molecule has 0 radical (unpaired) electrons. The molecule has 32 heavy (non-hydrogen) atoms. The maximum Gasteiger partial charge on any atom is 0.245 e. The van der Waals surface area contributed by atoms with Crippen LogP contribution in [0.25, 0.3) is 0 Å². The zero-order valence-corrected chi connectivity index (χ0v) is 18.2. The second-order valence-electron chi connectivity index (χ2n) is 7.13. The molecule has 0 saturated heterocycles. The molecular weight excluding hydrogens is 438 g/mol. The Labute approximate surface area is 185 Å². The average Bonchev–Trinajstić information content (AvgIpc) is 2.75. The van der Waals surface area contributed by atoms with E-state index in [0.29, 0.717) is 17.2 Å². The van der Waals surface area contributed by atoms with Crippen molar-refractivity contribution in [2.24, 2.45) is 0 Å². The van der Waals surface area contributed by atoms with Gasteiger partial charge in [0, 0.05) is 6.07 Å². The summed E-state index contributed by atoms with van der Waals surface area (Å²) in [7, 11) is -2.85. The molecule has 0 saturated carbocycles. The van der Waals surface area contributed by atoms with Crippen LogP contribution in [0.5, 0.6) is 5.75 Å². The number of anilines is 1. The third-order valence-corrected chi connectivity index (χ3v) is 6.19. The third-order valence-electron chi connectivity index (χ3n) is 4.69. The first-order chi connectivity index (χ1) is 15.2. The summed E-state index contributed by atoms with van der Waals surface area (Å²) in [6.07, 6.45) is 0.00283. The fourth-order valence-corrected chi connectivity index (χ4v) is 4.54. The summed E-state index contributed by atoms with van der Waals surface area (Å²) in [4.78, 5) is 12.8. The topological polar surface area (TPSA) is 84.5 Å². The number of carbonyl (C=O) groups is 1. The minimum absolute atomic E-state index is 0.00283. The van der Waals surface area contributed by atoms with Crippen molar-refractivity contribution in [1.29, 1.82) is 0 Å². The lowest BCUT2D eigenvalue weighted by atomic mass is 10.1. The molecule has 0 fully saturated rings. The highest BCUT2D eigenvalue weighted by atomic mass is 32.2. The number of nitrogens with one attached hydrogen (secondary N) is 2. The Kier molecular flexibility index (Phi) is 7.22. The molecule has 6 nitrogen and oxygen atoms in total. The highest BCUT2D eigenvalue weighted by molar-refractivity contribution is 7.89. The molecule has 1 amide bonds. The zero-order valence-electron chi connectivity index (χ0n) is 17.4. The quantitative estimate of drug-likeness (QED) is 0.536. The summed E-state index contributed by atoms with van der Waals surface area (Å²) in [6, 6.07) is 14.8. The monoisotopic (exact) mass is 460 g/mol. The number of ether oxygens (including phenoxy) is 1. The van der Waals surface area contributed by atoms with Crippen molar-refractivity contribution in [1.82, 2.24) is 4.72 Å². The van der Waals surface area contributed by atoms with Gasteiger partial charge in [0.25, 0.3) is 0 Å². The molecule has 2 N–H and O–H groups in total. The summed E-state index contributed by atoms with van der Waals surface area (Å²) in [5.74, 6) is -2.45. The Morgan fingerprint density at radius 2 is 1.75 bits per heavy atom. The highest BCUT2D eigenvalue weighted by Crippen LogP contribution is 2.25. The van der Waals surface area contributed by atoms with Crippen LogP contribution in [0, 0.1) is 18.6 Å². The molecule has 3 rings (SSSR count). The van der Waals surface area contributed by atoms with Crippen LogP contribution in [0.15, 0.2) is 71.6 Å².